The summed E-state index contributed by atoms with van der Waals surface area (Å²) in [6.07, 6.45) is 1.91. The van der Waals surface area contributed by atoms with E-state index in [0.29, 0.717) is 18.0 Å². The first kappa shape index (κ1) is 17.2. The number of carbonyl (C=O) groups excluding carboxylic acids is 2. The van der Waals surface area contributed by atoms with Gasteiger partial charge in [-0.3, -0.25) is 9.59 Å². The van der Waals surface area contributed by atoms with Crippen molar-refractivity contribution in [3.8, 4) is 0 Å². The summed E-state index contributed by atoms with van der Waals surface area (Å²) in [5.41, 5.74) is 2.90. The van der Waals surface area contributed by atoms with Gasteiger partial charge in [0.25, 0.3) is 5.24 Å². The van der Waals surface area contributed by atoms with Gasteiger partial charge in [-0.2, -0.15) is 0 Å². The number of rotatable bonds is 6. The van der Waals surface area contributed by atoms with Crippen LogP contribution in [0, 0.1) is 0 Å². The van der Waals surface area contributed by atoms with Gasteiger partial charge >= 0.3 is 0 Å². The van der Waals surface area contributed by atoms with Crippen molar-refractivity contribution < 1.29 is 9.59 Å². The summed E-state index contributed by atoms with van der Waals surface area (Å²) in [6, 6.07) is 3.84. The molecule has 0 radical (unpaired) electrons. The van der Waals surface area contributed by atoms with Gasteiger partial charge in [-0.1, -0.05) is 43.3 Å². The van der Waals surface area contributed by atoms with E-state index in [2.05, 4.69) is 12.2 Å². The summed E-state index contributed by atoms with van der Waals surface area (Å²) in [5, 5.41) is 3.74. The van der Waals surface area contributed by atoms with Gasteiger partial charge in [0.2, 0.25) is 5.91 Å². The molecule has 1 heterocycles. The predicted molar refractivity (Wildman–Crippen MR) is 92.9 cm³/mol. The van der Waals surface area contributed by atoms with Crippen LogP contribution in [0.3, 0.4) is 0 Å². The molecule has 6 heteroatoms. The highest BCUT2D eigenvalue weighted by atomic mass is 35.5. The van der Waals surface area contributed by atoms with E-state index < -0.39 is 0 Å². The summed E-state index contributed by atoms with van der Waals surface area (Å²) < 4.78 is 0. The van der Waals surface area contributed by atoms with Gasteiger partial charge in [0.15, 0.2) is 0 Å². The summed E-state index contributed by atoms with van der Waals surface area (Å²) in [5.74, 6) is 0.741. The monoisotopic (exact) mass is 340 g/mol. The first-order valence-electron chi connectivity index (χ1n) is 7.58. The molecule has 0 spiro atoms. The molecular formula is C16H21ClN2O2S. The Kier molecular flexibility index (Phi) is 6.15. The van der Waals surface area contributed by atoms with Gasteiger partial charge in [0.05, 0.1) is 0 Å². The number of benzene rings is 1. The Balaban J connectivity index is 2.04. The zero-order chi connectivity index (χ0) is 16.1. The van der Waals surface area contributed by atoms with Crippen LogP contribution in [-0.2, 0) is 17.6 Å². The topological polar surface area (TPSA) is 49.4 Å². The van der Waals surface area contributed by atoms with Crippen LogP contribution in [0.25, 0.3) is 0 Å². The molecule has 1 aliphatic heterocycles. The number of nitrogens with one attached hydrogen (secondary N) is 1. The van der Waals surface area contributed by atoms with Gasteiger partial charge in [-0.05, 0) is 30.0 Å². The third-order valence-electron chi connectivity index (χ3n) is 3.79. The van der Waals surface area contributed by atoms with Crippen LogP contribution in [0.1, 0.15) is 31.4 Å². The molecule has 1 saturated heterocycles. The third kappa shape index (κ3) is 3.96. The number of amides is 2. The summed E-state index contributed by atoms with van der Waals surface area (Å²) in [4.78, 5) is 25.5. The number of hydrogen-bond acceptors (Lipinski definition) is 3. The number of hydrogen-bond donors (Lipinski definition) is 1. The van der Waals surface area contributed by atoms with E-state index in [-0.39, 0.29) is 11.1 Å². The first-order valence-corrected chi connectivity index (χ1v) is 8.95. The van der Waals surface area contributed by atoms with Crippen LogP contribution < -0.4 is 5.32 Å². The third-order valence-corrected chi connectivity index (χ3v) is 5.04. The molecule has 0 aromatic heterocycles. The van der Waals surface area contributed by atoms with Gasteiger partial charge < -0.3 is 10.2 Å². The van der Waals surface area contributed by atoms with Crippen molar-refractivity contribution in [3.05, 3.63) is 28.3 Å². The first-order chi connectivity index (χ1) is 10.6. The standard InChI is InChI=1S/C16H21ClN2O2S/c1-3-11-5-6-13(17)12(4-2)15(11)18-14(20)7-8-19-9-10-22-16(19)21/h5-6H,3-4,7-10H2,1-2H3,(H,18,20). The van der Waals surface area contributed by atoms with E-state index in [1.54, 1.807) is 4.90 Å². The Bertz CT molecular complexity index is 578. The van der Waals surface area contributed by atoms with Crippen LogP contribution >= 0.6 is 23.4 Å². The number of halogens is 1. The normalized spacial score (nSPS) is 14.5. The Labute approximate surface area is 140 Å². The van der Waals surface area contributed by atoms with Crippen molar-refractivity contribution in [2.24, 2.45) is 0 Å². The Morgan fingerprint density at radius 2 is 2.14 bits per heavy atom. The maximum atomic E-state index is 12.2. The molecule has 0 bridgehead atoms. The fourth-order valence-corrected chi connectivity index (χ4v) is 3.68. The van der Waals surface area contributed by atoms with Crippen molar-refractivity contribution in [2.45, 2.75) is 33.1 Å². The number of thioether (sulfide) groups is 1. The molecule has 0 saturated carbocycles. The maximum absolute atomic E-state index is 12.2. The lowest BCUT2D eigenvalue weighted by molar-refractivity contribution is -0.116. The van der Waals surface area contributed by atoms with Crippen molar-refractivity contribution in [1.82, 2.24) is 4.90 Å². The molecule has 4 nitrogen and oxygen atoms in total. The van der Waals surface area contributed by atoms with Crippen LogP contribution in [0.5, 0.6) is 0 Å². The highest BCUT2D eigenvalue weighted by molar-refractivity contribution is 8.13. The summed E-state index contributed by atoms with van der Waals surface area (Å²) >= 11 is 7.55. The Hall–Kier alpha value is -1.20. The molecule has 1 aromatic rings. The molecule has 1 fully saturated rings. The van der Waals surface area contributed by atoms with E-state index in [4.69, 9.17) is 11.6 Å². The SMILES string of the molecule is CCc1ccc(Cl)c(CC)c1NC(=O)CCN1CCSC1=O. The Morgan fingerprint density at radius 3 is 2.73 bits per heavy atom. The second-order valence-electron chi connectivity index (χ2n) is 5.17. The second kappa shape index (κ2) is 7.88. The minimum absolute atomic E-state index is 0.0686. The van der Waals surface area contributed by atoms with Crippen molar-refractivity contribution in [3.63, 3.8) is 0 Å². The van der Waals surface area contributed by atoms with E-state index in [1.165, 1.54) is 11.8 Å². The Morgan fingerprint density at radius 1 is 1.36 bits per heavy atom. The smallest absolute Gasteiger partial charge is 0.281 e. The number of aryl methyl sites for hydroxylation is 1. The van der Waals surface area contributed by atoms with E-state index >= 15 is 0 Å². The quantitative estimate of drug-likeness (QED) is 0.852. The fraction of sp³-hybridized carbons (Fsp3) is 0.500. The lowest BCUT2D eigenvalue weighted by Gasteiger charge is -2.17. The average Bonchev–Trinajstić information content (AvgIpc) is 2.91. The molecule has 22 heavy (non-hydrogen) atoms. The van der Waals surface area contributed by atoms with E-state index in [9.17, 15) is 9.59 Å². The van der Waals surface area contributed by atoms with Crippen molar-refractivity contribution in [2.75, 3.05) is 24.2 Å². The molecule has 1 N–H and O–H groups in total. The van der Waals surface area contributed by atoms with E-state index in [0.717, 1.165) is 42.0 Å². The molecular weight excluding hydrogens is 320 g/mol. The average molecular weight is 341 g/mol. The van der Waals surface area contributed by atoms with Crippen LogP contribution in [0.4, 0.5) is 10.5 Å². The lowest BCUT2D eigenvalue weighted by Crippen LogP contribution is -2.28. The van der Waals surface area contributed by atoms with Crippen LogP contribution in [0.2, 0.25) is 5.02 Å². The highest BCUT2D eigenvalue weighted by Crippen LogP contribution is 2.29. The summed E-state index contributed by atoms with van der Waals surface area (Å²) in [7, 11) is 0. The molecule has 120 valence electrons. The zero-order valence-electron chi connectivity index (χ0n) is 12.9. The largest absolute Gasteiger partial charge is 0.332 e. The van der Waals surface area contributed by atoms with Crippen LogP contribution in [-0.4, -0.2) is 34.9 Å². The second-order valence-corrected chi connectivity index (χ2v) is 6.62. The zero-order valence-corrected chi connectivity index (χ0v) is 14.5. The summed E-state index contributed by atoms with van der Waals surface area (Å²) in [6.45, 7) is 5.28. The van der Waals surface area contributed by atoms with Gasteiger partial charge in [-0.15, -0.1) is 0 Å². The number of anilines is 1. The molecule has 1 aromatic carbocycles. The van der Waals surface area contributed by atoms with Crippen LogP contribution in [0.15, 0.2) is 12.1 Å². The number of carbonyl (C=O) groups is 2. The highest BCUT2D eigenvalue weighted by Gasteiger charge is 2.21. The molecule has 0 unspecified atom stereocenters. The molecule has 2 amide bonds. The molecule has 0 aliphatic carbocycles. The molecule has 1 aliphatic rings. The predicted octanol–water partition coefficient (Wildman–Crippen LogP) is 3.96. The lowest BCUT2D eigenvalue weighted by atomic mass is 10.0. The van der Waals surface area contributed by atoms with E-state index in [1.807, 2.05) is 19.1 Å². The van der Waals surface area contributed by atoms with Crippen molar-refractivity contribution >= 4 is 40.2 Å². The fourth-order valence-electron chi connectivity index (χ4n) is 2.53. The molecule has 0 atom stereocenters. The van der Waals surface area contributed by atoms with Gasteiger partial charge in [0, 0.05) is 36.0 Å². The maximum Gasteiger partial charge on any atom is 0.281 e. The minimum atomic E-state index is -0.0728. The molecule has 2 rings (SSSR count). The minimum Gasteiger partial charge on any atom is -0.332 e. The van der Waals surface area contributed by atoms with Crippen molar-refractivity contribution in [1.29, 1.82) is 0 Å². The van der Waals surface area contributed by atoms with Gasteiger partial charge in [-0.25, -0.2) is 0 Å². The van der Waals surface area contributed by atoms with Gasteiger partial charge in [0.1, 0.15) is 0 Å². The number of nitrogens with zero attached hydrogens (tertiary/aromatic N) is 1.